The van der Waals surface area contributed by atoms with Crippen molar-refractivity contribution < 1.29 is 9.00 Å². The lowest BCUT2D eigenvalue weighted by molar-refractivity contribution is 0.100. The third-order valence-corrected chi connectivity index (χ3v) is 4.21. The number of amides is 1. The summed E-state index contributed by atoms with van der Waals surface area (Å²) in [5.41, 5.74) is 13.6. The summed E-state index contributed by atoms with van der Waals surface area (Å²) < 4.78 is 12.1. The molecule has 104 valence electrons. The van der Waals surface area contributed by atoms with Gasteiger partial charge in [0.1, 0.15) is 0 Å². The molecule has 20 heavy (non-hydrogen) atoms. The lowest BCUT2D eigenvalue weighted by Gasteiger charge is -2.07. The van der Waals surface area contributed by atoms with Crippen LogP contribution in [0, 0.1) is 0 Å². The molecule has 0 bridgehead atoms. The Hall–Kier alpha value is -2.14. The Bertz CT molecular complexity index is 642. The van der Waals surface area contributed by atoms with E-state index in [1.165, 1.54) is 6.07 Å². The van der Waals surface area contributed by atoms with Crippen LogP contribution in [0.3, 0.4) is 0 Å². The fourth-order valence-corrected chi connectivity index (χ4v) is 3.14. The summed E-state index contributed by atoms with van der Waals surface area (Å²) in [5.74, 6) is 0.325. The zero-order valence-electron chi connectivity index (χ0n) is 10.9. The van der Waals surface area contributed by atoms with E-state index >= 15 is 0 Å². The van der Waals surface area contributed by atoms with Crippen molar-refractivity contribution in [3.63, 3.8) is 0 Å². The van der Waals surface area contributed by atoms with Gasteiger partial charge in [-0.1, -0.05) is 36.4 Å². The summed E-state index contributed by atoms with van der Waals surface area (Å²) in [6.45, 7) is 0. The number of benzene rings is 2. The number of carbonyl (C=O) groups is 1. The molecule has 0 saturated heterocycles. The second-order valence-corrected chi connectivity index (χ2v) is 5.95. The van der Waals surface area contributed by atoms with Crippen LogP contribution in [0.4, 0.5) is 5.69 Å². The lowest BCUT2D eigenvalue weighted by Crippen LogP contribution is -2.12. The van der Waals surface area contributed by atoms with Crippen LogP contribution in [0.1, 0.15) is 21.5 Å². The fraction of sp³-hybridized carbons (Fsp3) is 0.133. The molecule has 1 atom stereocenters. The largest absolute Gasteiger partial charge is 0.398 e. The first kappa shape index (κ1) is 14.3. The summed E-state index contributed by atoms with van der Waals surface area (Å²) in [4.78, 5) is 11.0. The van der Waals surface area contributed by atoms with Gasteiger partial charge >= 0.3 is 0 Å². The predicted octanol–water partition coefficient (Wildman–Crippen LogP) is 1.82. The maximum absolute atomic E-state index is 12.1. The number of hydrogen-bond acceptors (Lipinski definition) is 3. The Morgan fingerprint density at radius 3 is 2.35 bits per heavy atom. The van der Waals surface area contributed by atoms with Crippen molar-refractivity contribution in [2.45, 2.75) is 11.5 Å². The van der Waals surface area contributed by atoms with Gasteiger partial charge in [0, 0.05) is 27.8 Å². The highest BCUT2D eigenvalue weighted by Gasteiger charge is 2.08. The van der Waals surface area contributed by atoms with Crippen molar-refractivity contribution >= 4 is 22.4 Å². The third kappa shape index (κ3) is 3.68. The van der Waals surface area contributed by atoms with E-state index in [0.29, 0.717) is 22.8 Å². The van der Waals surface area contributed by atoms with Gasteiger partial charge in [0.25, 0.3) is 0 Å². The normalized spacial score (nSPS) is 12.0. The first-order chi connectivity index (χ1) is 9.56. The van der Waals surface area contributed by atoms with Crippen LogP contribution in [-0.2, 0) is 22.3 Å². The maximum atomic E-state index is 12.1. The van der Waals surface area contributed by atoms with E-state index in [9.17, 15) is 9.00 Å². The zero-order valence-corrected chi connectivity index (χ0v) is 11.7. The maximum Gasteiger partial charge on any atom is 0.248 e. The number of nitrogens with two attached hydrogens (primary N) is 2. The Morgan fingerprint density at radius 1 is 1.05 bits per heavy atom. The standard InChI is InChI=1S/C15H16N2O2S/c16-14-8-12(15(17)18)6-7-13(14)10-20(19)9-11-4-2-1-3-5-11/h1-8H,9-10,16H2,(H2,17,18). The molecule has 1 unspecified atom stereocenters. The van der Waals surface area contributed by atoms with Gasteiger partial charge in [-0.25, -0.2) is 0 Å². The summed E-state index contributed by atoms with van der Waals surface area (Å²) in [5, 5.41) is 0. The molecular formula is C15H16N2O2S. The molecule has 0 aliphatic rings. The van der Waals surface area contributed by atoms with E-state index in [4.69, 9.17) is 11.5 Å². The quantitative estimate of drug-likeness (QED) is 0.823. The molecule has 0 aromatic heterocycles. The molecule has 2 aromatic carbocycles. The molecule has 0 spiro atoms. The van der Waals surface area contributed by atoms with Gasteiger partial charge in [-0.15, -0.1) is 0 Å². The first-order valence-electron chi connectivity index (χ1n) is 6.13. The summed E-state index contributed by atoms with van der Waals surface area (Å²) in [6, 6.07) is 14.5. The lowest BCUT2D eigenvalue weighted by atomic mass is 10.1. The van der Waals surface area contributed by atoms with Crippen molar-refractivity contribution in [3.8, 4) is 0 Å². The number of rotatable bonds is 5. The number of carbonyl (C=O) groups excluding carboxylic acids is 1. The summed E-state index contributed by atoms with van der Waals surface area (Å²) >= 11 is 0. The molecular weight excluding hydrogens is 272 g/mol. The van der Waals surface area contributed by atoms with Crippen LogP contribution in [0.25, 0.3) is 0 Å². The molecule has 0 aliphatic carbocycles. The number of hydrogen-bond donors (Lipinski definition) is 2. The summed E-state index contributed by atoms with van der Waals surface area (Å²) in [6.07, 6.45) is 0. The number of primary amides is 1. The van der Waals surface area contributed by atoms with Crippen LogP contribution in [0.5, 0.6) is 0 Å². The second-order valence-electron chi connectivity index (χ2n) is 4.49. The smallest absolute Gasteiger partial charge is 0.248 e. The van der Waals surface area contributed by atoms with Crippen molar-refractivity contribution in [2.24, 2.45) is 5.73 Å². The SMILES string of the molecule is NC(=O)c1ccc(CS(=O)Cc2ccccc2)c(N)c1. The third-order valence-electron chi connectivity index (χ3n) is 2.92. The first-order valence-corrected chi connectivity index (χ1v) is 7.62. The van der Waals surface area contributed by atoms with E-state index in [1.807, 2.05) is 30.3 Å². The average molecular weight is 288 g/mol. The molecule has 5 heteroatoms. The minimum atomic E-state index is -1.05. The topological polar surface area (TPSA) is 86.2 Å². The van der Waals surface area contributed by atoms with Gasteiger partial charge in [-0.2, -0.15) is 0 Å². The highest BCUT2D eigenvalue weighted by molar-refractivity contribution is 7.83. The van der Waals surface area contributed by atoms with Crippen molar-refractivity contribution in [3.05, 3.63) is 65.2 Å². The number of nitrogen functional groups attached to an aromatic ring is 1. The Kier molecular flexibility index (Phi) is 4.53. The van der Waals surface area contributed by atoms with E-state index in [-0.39, 0.29) is 0 Å². The van der Waals surface area contributed by atoms with Crippen molar-refractivity contribution in [2.75, 3.05) is 5.73 Å². The van der Waals surface area contributed by atoms with Gasteiger partial charge in [0.05, 0.1) is 5.75 Å². The molecule has 2 aromatic rings. The van der Waals surface area contributed by atoms with Crippen LogP contribution in [-0.4, -0.2) is 10.1 Å². The molecule has 0 aliphatic heterocycles. The van der Waals surface area contributed by atoms with Gasteiger partial charge < -0.3 is 11.5 Å². The molecule has 4 N–H and O–H groups in total. The van der Waals surface area contributed by atoms with Crippen LogP contribution in [0.15, 0.2) is 48.5 Å². The predicted molar refractivity (Wildman–Crippen MR) is 81.4 cm³/mol. The zero-order chi connectivity index (χ0) is 14.5. The molecule has 0 heterocycles. The molecule has 0 saturated carbocycles. The highest BCUT2D eigenvalue weighted by atomic mass is 32.2. The van der Waals surface area contributed by atoms with Crippen molar-refractivity contribution in [1.82, 2.24) is 0 Å². The molecule has 4 nitrogen and oxygen atoms in total. The Morgan fingerprint density at radius 2 is 1.75 bits per heavy atom. The minimum absolute atomic E-state index is 0.361. The molecule has 1 amide bonds. The van der Waals surface area contributed by atoms with Gasteiger partial charge in [0.15, 0.2) is 0 Å². The second kappa shape index (κ2) is 6.34. The molecule has 2 rings (SSSR count). The minimum Gasteiger partial charge on any atom is -0.398 e. The average Bonchev–Trinajstić information content (AvgIpc) is 2.42. The fourth-order valence-electron chi connectivity index (χ4n) is 1.86. The van der Waals surface area contributed by atoms with Crippen molar-refractivity contribution in [1.29, 1.82) is 0 Å². The van der Waals surface area contributed by atoms with Gasteiger partial charge in [0.2, 0.25) is 5.91 Å². The highest BCUT2D eigenvalue weighted by Crippen LogP contribution is 2.17. The van der Waals surface area contributed by atoms with Crippen LogP contribution < -0.4 is 11.5 Å². The molecule has 0 radical (unpaired) electrons. The van der Waals surface area contributed by atoms with E-state index in [1.54, 1.807) is 12.1 Å². The van der Waals surface area contributed by atoms with Crippen LogP contribution in [0.2, 0.25) is 0 Å². The van der Waals surface area contributed by atoms with Crippen LogP contribution >= 0.6 is 0 Å². The van der Waals surface area contributed by atoms with Gasteiger partial charge in [-0.3, -0.25) is 9.00 Å². The Balaban J connectivity index is 2.06. The summed E-state index contributed by atoms with van der Waals surface area (Å²) in [7, 11) is -1.05. The monoisotopic (exact) mass is 288 g/mol. The van der Waals surface area contributed by atoms with E-state index in [0.717, 1.165) is 11.1 Å². The van der Waals surface area contributed by atoms with E-state index in [2.05, 4.69) is 0 Å². The Labute approximate surface area is 120 Å². The molecule has 0 fully saturated rings. The number of anilines is 1. The van der Waals surface area contributed by atoms with E-state index < -0.39 is 16.7 Å². The van der Waals surface area contributed by atoms with Gasteiger partial charge in [-0.05, 0) is 23.3 Å².